The number of aromatic nitrogens is 3. The molecular weight excluding hydrogens is 421 g/mol. The van der Waals surface area contributed by atoms with Crippen molar-refractivity contribution >= 4 is 15.9 Å². The number of hydrogen-bond donors (Lipinski definition) is 1. The van der Waals surface area contributed by atoms with E-state index in [1.807, 2.05) is 4.72 Å². The van der Waals surface area contributed by atoms with Crippen molar-refractivity contribution in [2.24, 2.45) is 0 Å². The quantitative estimate of drug-likeness (QED) is 0.658. The maximum atomic E-state index is 13.3. The van der Waals surface area contributed by atoms with Crippen LogP contribution in [0.3, 0.4) is 0 Å². The van der Waals surface area contributed by atoms with E-state index < -0.39 is 27.8 Å². The average Bonchev–Trinajstić information content (AvgIpc) is 3.13. The normalized spacial score (nSPS) is 12.0. The van der Waals surface area contributed by atoms with Gasteiger partial charge < -0.3 is 0 Å². The number of benzene rings is 1. The molecule has 0 unspecified atom stereocenters. The van der Waals surface area contributed by atoms with E-state index in [9.17, 15) is 26.4 Å². The maximum Gasteiger partial charge on any atom is 0.434 e. The molecule has 1 aromatic carbocycles. The van der Waals surface area contributed by atoms with Crippen LogP contribution in [-0.2, 0) is 21.0 Å². The van der Waals surface area contributed by atoms with Gasteiger partial charge in [-0.3, -0.25) is 9.36 Å². The highest BCUT2D eigenvalue weighted by molar-refractivity contribution is 7.90. The molecule has 0 spiro atoms. The Labute approximate surface area is 170 Å². The van der Waals surface area contributed by atoms with Crippen molar-refractivity contribution < 1.29 is 26.4 Å². The molecule has 3 aromatic rings. The van der Waals surface area contributed by atoms with Crippen molar-refractivity contribution in [1.29, 1.82) is 0 Å². The third-order valence-electron chi connectivity index (χ3n) is 4.11. The van der Waals surface area contributed by atoms with Gasteiger partial charge in [-0.25, -0.2) is 23.1 Å². The predicted molar refractivity (Wildman–Crippen MR) is 102 cm³/mol. The lowest BCUT2D eigenvalue weighted by Crippen LogP contribution is -2.29. The summed E-state index contributed by atoms with van der Waals surface area (Å²) < 4.78 is 67.2. The van der Waals surface area contributed by atoms with Crippen LogP contribution in [0.5, 0.6) is 0 Å². The number of alkyl halides is 3. The number of sulfonamides is 1. The molecule has 0 fully saturated rings. The molecule has 1 amide bonds. The highest BCUT2D eigenvalue weighted by Crippen LogP contribution is 2.32. The van der Waals surface area contributed by atoms with Crippen LogP contribution in [0.4, 0.5) is 13.2 Å². The van der Waals surface area contributed by atoms with Gasteiger partial charge >= 0.3 is 6.18 Å². The minimum atomic E-state index is -4.67. The zero-order valence-corrected chi connectivity index (χ0v) is 16.8. The van der Waals surface area contributed by atoms with E-state index in [4.69, 9.17) is 0 Å². The van der Waals surface area contributed by atoms with Gasteiger partial charge in [-0.2, -0.15) is 13.2 Å². The Morgan fingerprint density at radius 1 is 1.10 bits per heavy atom. The molecule has 0 aliphatic carbocycles. The Bertz CT molecular complexity index is 1190. The lowest BCUT2D eigenvalue weighted by Gasteiger charge is -2.10. The highest BCUT2D eigenvalue weighted by Gasteiger charge is 2.35. The van der Waals surface area contributed by atoms with Crippen molar-refractivity contribution in [1.82, 2.24) is 19.3 Å². The maximum absolute atomic E-state index is 13.3. The van der Waals surface area contributed by atoms with E-state index in [1.165, 1.54) is 41.8 Å². The number of halogens is 3. The van der Waals surface area contributed by atoms with Gasteiger partial charge in [0.2, 0.25) is 5.91 Å². The van der Waals surface area contributed by atoms with Crippen molar-refractivity contribution in [3.8, 4) is 17.2 Å². The van der Waals surface area contributed by atoms with E-state index >= 15 is 0 Å². The lowest BCUT2D eigenvalue weighted by molar-refractivity contribution is -0.140. The van der Waals surface area contributed by atoms with Crippen molar-refractivity contribution in [2.45, 2.75) is 31.3 Å². The van der Waals surface area contributed by atoms with Gasteiger partial charge in [-0.1, -0.05) is 13.0 Å². The molecule has 11 heteroatoms. The molecule has 3 rings (SSSR count). The Morgan fingerprint density at radius 2 is 1.77 bits per heavy atom. The molecule has 1 N–H and O–H groups in total. The van der Waals surface area contributed by atoms with Gasteiger partial charge in [0.25, 0.3) is 10.0 Å². The summed E-state index contributed by atoms with van der Waals surface area (Å²) in [6.45, 7) is 3.21. The van der Waals surface area contributed by atoms with E-state index in [0.717, 1.165) is 6.20 Å². The number of nitrogens with zero attached hydrogens (tertiary/aromatic N) is 3. The van der Waals surface area contributed by atoms with Crippen molar-refractivity contribution in [3.05, 3.63) is 60.0 Å². The molecule has 0 radical (unpaired) electrons. The number of aryl methyl sites for hydroxylation is 1. The number of nitrogens with one attached hydrogen (secondary N) is 1. The largest absolute Gasteiger partial charge is 0.434 e. The van der Waals surface area contributed by atoms with Gasteiger partial charge in [0, 0.05) is 24.0 Å². The molecule has 0 bridgehead atoms. The molecule has 2 heterocycles. The lowest BCUT2D eigenvalue weighted by atomic mass is 10.2. The van der Waals surface area contributed by atoms with Gasteiger partial charge in [-0.15, -0.1) is 0 Å². The number of carbonyl (C=O) groups is 1. The molecular formula is C19H17F3N4O3S. The fraction of sp³-hybridized carbons (Fsp3) is 0.211. The van der Waals surface area contributed by atoms with Gasteiger partial charge in [0.15, 0.2) is 11.5 Å². The van der Waals surface area contributed by atoms with Crippen LogP contribution in [0.25, 0.3) is 17.2 Å². The summed E-state index contributed by atoms with van der Waals surface area (Å²) in [5, 5.41) is 0. The number of amides is 1. The number of rotatable bonds is 5. The summed E-state index contributed by atoms with van der Waals surface area (Å²) in [7, 11) is -4.07. The number of carbonyl (C=O) groups excluding carboxylic acids is 1. The number of hydrogen-bond acceptors (Lipinski definition) is 5. The Kier molecular flexibility index (Phi) is 5.66. The van der Waals surface area contributed by atoms with Crippen LogP contribution in [0.1, 0.15) is 24.7 Å². The van der Waals surface area contributed by atoms with Crippen LogP contribution < -0.4 is 4.72 Å². The monoisotopic (exact) mass is 438 g/mol. The second kappa shape index (κ2) is 7.90. The fourth-order valence-electron chi connectivity index (χ4n) is 2.63. The molecule has 7 nitrogen and oxygen atoms in total. The molecule has 0 atom stereocenters. The first-order chi connectivity index (χ1) is 14.0. The first kappa shape index (κ1) is 21.5. The number of pyridine rings is 1. The minimum absolute atomic E-state index is 0.0145. The Morgan fingerprint density at radius 3 is 2.33 bits per heavy atom. The van der Waals surface area contributed by atoms with Crippen molar-refractivity contribution in [3.63, 3.8) is 0 Å². The average molecular weight is 438 g/mol. The summed E-state index contributed by atoms with van der Waals surface area (Å²) in [5.74, 6) is -0.711. The van der Waals surface area contributed by atoms with Crippen LogP contribution in [0.2, 0.25) is 0 Å². The van der Waals surface area contributed by atoms with E-state index in [1.54, 1.807) is 19.1 Å². The van der Waals surface area contributed by atoms with E-state index in [-0.39, 0.29) is 28.5 Å². The second-order valence-corrected chi connectivity index (χ2v) is 8.04. The third-order valence-corrected chi connectivity index (χ3v) is 5.50. The van der Waals surface area contributed by atoms with Gasteiger partial charge in [0.05, 0.1) is 4.90 Å². The zero-order valence-electron chi connectivity index (χ0n) is 15.9. The fourth-order valence-corrected chi connectivity index (χ4v) is 3.69. The minimum Gasteiger partial charge on any atom is -0.298 e. The molecule has 0 aliphatic heterocycles. The van der Waals surface area contributed by atoms with Crippen LogP contribution in [0.15, 0.2) is 53.6 Å². The van der Waals surface area contributed by atoms with Crippen LogP contribution in [-0.4, -0.2) is 28.9 Å². The summed E-state index contributed by atoms with van der Waals surface area (Å²) in [5.41, 5.74) is -0.0223. The summed E-state index contributed by atoms with van der Waals surface area (Å²) >= 11 is 0. The molecule has 0 aliphatic rings. The summed E-state index contributed by atoms with van der Waals surface area (Å²) in [6.07, 6.45) is -3.86. The molecule has 0 saturated carbocycles. The van der Waals surface area contributed by atoms with Crippen LogP contribution >= 0.6 is 0 Å². The highest BCUT2D eigenvalue weighted by atomic mass is 32.2. The second-order valence-electron chi connectivity index (χ2n) is 6.36. The third kappa shape index (κ3) is 4.51. The summed E-state index contributed by atoms with van der Waals surface area (Å²) in [6, 6.07) is 9.92. The molecule has 158 valence electrons. The standard InChI is InChI=1S/C19H17F3N4O3S/c1-3-17(27)25-30(28,29)14-9-7-13(8-10-14)26-11-16(19(20,21)22)24-18(26)15-6-4-5-12(2)23-15/h4-11H,3H2,1-2H3,(H,25,27). The first-order valence-corrected chi connectivity index (χ1v) is 10.3. The smallest absolute Gasteiger partial charge is 0.298 e. The molecule has 30 heavy (non-hydrogen) atoms. The Hall–Kier alpha value is -3.21. The Balaban J connectivity index is 2.07. The van der Waals surface area contributed by atoms with Crippen LogP contribution in [0, 0.1) is 6.92 Å². The predicted octanol–water partition coefficient (Wildman–Crippen LogP) is 3.48. The van der Waals surface area contributed by atoms with Crippen molar-refractivity contribution in [2.75, 3.05) is 0 Å². The van der Waals surface area contributed by atoms with Gasteiger partial charge in [0.1, 0.15) is 5.69 Å². The molecule has 2 aromatic heterocycles. The first-order valence-electron chi connectivity index (χ1n) is 8.78. The van der Waals surface area contributed by atoms with E-state index in [2.05, 4.69) is 9.97 Å². The van der Waals surface area contributed by atoms with Gasteiger partial charge in [-0.05, 0) is 43.3 Å². The zero-order chi connectivity index (χ0) is 22.1. The van der Waals surface area contributed by atoms with E-state index in [0.29, 0.717) is 5.69 Å². The SMILES string of the molecule is CCC(=O)NS(=O)(=O)c1ccc(-n2cc(C(F)(F)F)nc2-c2cccc(C)n2)cc1. The topological polar surface area (TPSA) is 94.0 Å². The molecule has 0 saturated heterocycles. The summed E-state index contributed by atoms with van der Waals surface area (Å²) in [4.78, 5) is 19.1. The number of imidazole rings is 1.